The van der Waals surface area contributed by atoms with E-state index in [4.69, 9.17) is 10.5 Å². The summed E-state index contributed by atoms with van der Waals surface area (Å²) in [6, 6.07) is 5.95. The third kappa shape index (κ3) is 2.70. The fraction of sp³-hybridized carbons (Fsp3) is 0.0833. The Morgan fingerprint density at radius 1 is 1.39 bits per heavy atom. The molecule has 94 valence electrons. The topological polar surface area (TPSA) is 60.2 Å². The molecule has 0 aliphatic rings. The number of nitrogen functional groups attached to an aromatic ring is 1. The first kappa shape index (κ1) is 12.6. The van der Waals surface area contributed by atoms with Crippen molar-refractivity contribution in [2.24, 2.45) is 0 Å². The van der Waals surface area contributed by atoms with Gasteiger partial charge in [-0.1, -0.05) is 0 Å². The average Bonchev–Trinajstić information content (AvgIpc) is 2.34. The summed E-state index contributed by atoms with van der Waals surface area (Å²) in [5.74, 6) is 0.622. The largest absolute Gasteiger partial charge is 0.494 e. The molecule has 1 aromatic heterocycles. The molecule has 0 atom stereocenters. The summed E-state index contributed by atoms with van der Waals surface area (Å²) in [6.45, 7) is 0. The summed E-state index contributed by atoms with van der Waals surface area (Å²) in [5.41, 5.74) is 6.78. The highest BCUT2D eigenvalue weighted by Crippen LogP contribution is 2.31. The minimum atomic E-state index is -0.360. The molecule has 0 fully saturated rings. The van der Waals surface area contributed by atoms with E-state index < -0.39 is 0 Å². The van der Waals surface area contributed by atoms with Crippen LogP contribution < -0.4 is 15.8 Å². The van der Waals surface area contributed by atoms with E-state index in [2.05, 4.69) is 26.2 Å². The van der Waals surface area contributed by atoms with Gasteiger partial charge in [0, 0.05) is 6.07 Å². The first-order chi connectivity index (χ1) is 8.60. The van der Waals surface area contributed by atoms with Crippen molar-refractivity contribution in [1.82, 2.24) is 4.98 Å². The van der Waals surface area contributed by atoms with Crippen LogP contribution in [0.15, 0.2) is 34.9 Å². The molecule has 2 aromatic rings. The molecule has 0 aliphatic heterocycles. The van der Waals surface area contributed by atoms with Gasteiger partial charge in [0.2, 0.25) is 0 Å². The van der Waals surface area contributed by atoms with Crippen LogP contribution in [0, 0.1) is 5.82 Å². The first-order valence-corrected chi connectivity index (χ1v) is 5.91. The maximum absolute atomic E-state index is 13.1. The van der Waals surface area contributed by atoms with Gasteiger partial charge in [-0.05, 0) is 34.1 Å². The van der Waals surface area contributed by atoms with Crippen LogP contribution in [0.2, 0.25) is 0 Å². The Bertz CT molecular complexity index is 577. The fourth-order valence-corrected chi connectivity index (χ4v) is 1.91. The van der Waals surface area contributed by atoms with Crippen molar-refractivity contribution < 1.29 is 9.13 Å². The number of nitrogens with zero attached hydrogens (tertiary/aromatic N) is 1. The molecule has 0 saturated carbocycles. The van der Waals surface area contributed by atoms with Crippen LogP contribution in [0.4, 0.5) is 21.6 Å². The average molecular weight is 312 g/mol. The van der Waals surface area contributed by atoms with Gasteiger partial charge in [-0.15, -0.1) is 0 Å². The number of aromatic nitrogens is 1. The van der Waals surface area contributed by atoms with Crippen molar-refractivity contribution >= 4 is 33.1 Å². The lowest BCUT2D eigenvalue weighted by Gasteiger charge is -2.11. The number of halogens is 2. The molecule has 0 bridgehead atoms. The van der Waals surface area contributed by atoms with E-state index in [1.54, 1.807) is 12.1 Å². The lowest BCUT2D eigenvalue weighted by atomic mass is 10.2. The quantitative estimate of drug-likeness (QED) is 0.913. The zero-order valence-electron chi connectivity index (χ0n) is 9.58. The Morgan fingerprint density at radius 2 is 2.17 bits per heavy atom. The Balaban J connectivity index is 2.33. The Hall–Kier alpha value is -1.82. The van der Waals surface area contributed by atoms with Crippen LogP contribution in [-0.4, -0.2) is 12.1 Å². The minimum absolute atomic E-state index is 0.360. The molecule has 4 nitrogen and oxygen atoms in total. The second-order valence-electron chi connectivity index (χ2n) is 3.57. The van der Waals surface area contributed by atoms with Crippen molar-refractivity contribution in [3.63, 3.8) is 0 Å². The molecule has 2 rings (SSSR count). The SMILES string of the molecule is COc1cc(F)ccc1Nc1ncc(N)cc1Br. The van der Waals surface area contributed by atoms with E-state index in [-0.39, 0.29) is 5.82 Å². The molecule has 0 radical (unpaired) electrons. The molecule has 0 spiro atoms. The van der Waals surface area contributed by atoms with Crippen LogP contribution in [0.1, 0.15) is 0 Å². The minimum Gasteiger partial charge on any atom is -0.494 e. The number of ether oxygens (including phenoxy) is 1. The Labute approximate surface area is 112 Å². The van der Waals surface area contributed by atoms with Crippen LogP contribution in [0.3, 0.4) is 0 Å². The highest BCUT2D eigenvalue weighted by molar-refractivity contribution is 9.10. The van der Waals surface area contributed by atoms with Gasteiger partial charge < -0.3 is 15.8 Å². The highest BCUT2D eigenvalue weighted by Gasteiger charge is 2.08. The maximum atomic E-state index is 13.1. The monoisotopic (exact) mass is 311 g/mol. The molecule has 0 saturated heterocycles. The van der Waals surface area contributed by atoms with Crippen molar-refractivity contribution in [2.75, 3.05) is 18.2 Å². The first-order valence-electron chi connectivity index (χ1n) is 5.11. The number of rotatable bonds is 3. The number of pyridine rings is 1. The van der Waals surface area contributed by atoms with E-state index in [0.29, 0.717) is 27.4 Å². The zero-order chi connectivity index (χ0) is 13.1. The molecule has 3 N–H and O–H groups in total. The van der Waals surface area contributed by atoms with Gasteiger partial charge in [0.15, 0.2) is 0 Å². The third-order valence-electron chi connectivity index (χ3n) is 2.28. The molecule has 0 unspecified atom stereocenters. The van der Waals surface area contributed by atoms with Gasteiger partial charge in [-0.3, -0.25) is 0 Å². The van der Waals surface area contributed by atoms with Crippen molar-refractivity contribution in [2.45, 2.75) is 0 Å². The molecule has 0 amide bonds. The second-order valence-corrected chi connectivity index (χ2v) is 4.42. The van der Waals surface area contributed by atoms with Crippen molar-refractivity contribution in [1.29, 1.82) is 0 Å². The standard InChI is InChI=1S/C12H11BrFN3O/c1-18-11-4-7(14)2-3-10(11)17-12-9(13)5-8(15)6-16-12/h2-6H,15H2,1H3,(H,16,17). The molecule has 18 heavy (non-hydrogen) atoms. The van der Waals surface area contributed by atoms with Crippen LogP contribution in [-0.2, 0) is 0 Å². The number of hydrogen-bond donors (Lipinski definition) is 2. The molecular weight excluding hydrogens is 301 g/mol. The van der Waals surface area contributed by atoms with Crippen LogP contribution in [0.5, 0.6) is 5.75 Å². The third-order valence-corrected chi connectivity index (χ3v) is 2.88. The predicted molar refractivity (Wildman–Crippen MR) is 72.6 cm³/mol. The van der Waals surface area contributed by atoms with Crippen LogP contribution in [0.25, 0.3) is 0 Å². The number of nitrogens with two attached hydrogens (primary N) is 1. The van der Waals surface area contributed by atoms with Gasteiger partial charge in [0.1, 0.15) is 17.4 Å². The maximum Gasteiger partial charge on any atom is 0.145 e. The van der Waals surface area contributed by atoms with E-state index in [0.717, 1.165) is 0 Å². The number of anilines is 3. The lowest BCUT2D eigenvalue weighted by Crippen LogP contribution is -1.99. The normalized spacial score (nSPS) is 10.2. The number of nitrogens with one attached hydrogen (secondary N) is 1. The molecule has 1 aromatic carbocycles. The van der Waals surface area contributed by atoms with Gasteiger partial charge >= 0.3 is 0 Å². The van der Waals surface area contributed by atoms with E-state index in [1.165, 1.54) is 25.4 Å². The summed E-state index contributed by atoms with van der Waals surface area (Å²) < 4.78 is 18.9. The number of hydrogen-bond acceptors (Lipinski definition) is 4. The van der Waals surface area contributed by atoms with E-state index in [1.807, 2.05) is 0 Å². The van der Waals surface area contributed by atoms with Crippen molar-refractivity contribution in [3.05, 3.63) is 40.8 Å². The van der Waals surface area contributed by atoms with Gasteiger partial charge in [-0.2, -0.15) is 0 Å². The summed E-state index contributed by atoms with van der Waals surface area (Å²) in [5, 5.41) is 3.04. The molecular formula is C12H11BrFN3O. The van der Waals surface area contributed by atoms with Crippen LogP contribution >= 0.6 is 15.9 Å². The number of methoxy groups -OCH3 is 1. The fourth-order valence-electron chi connectivity index (χ4n) is 1.44. The van der Waals surface area contributed by atoms with Gasteiger partial charge in [-0.25, -0.2) is 9.37 Å². The Morgan fingerprint density at radius 3 is 2.83 bits per heavy atom. The number of benzene rings is 1. The second kappa shape index (κ2) is 5.22. The summed E-state index contributed by atoms with van der Waals surface area (Å²) >= 11 is 3.35. The Kier molecular flexibility index (Phi) is 3.66. The van der Waals surface area contributed by atoms with Gasteiger partial charge in [0.25, 0.3) is 0 Å². The smallest absolute Gasteiger partial charge is 0.145 e. The highest BCUT2D eigenvalue weighted by atomic mass is 79.9. The molecule has 1 heterocycles. The van der Waals surface area contributed by atoms with E-state index >= 15 is 0 Å². The van der Waals surface area contributed by atoms with Gasteiger partial charge in [0.05, 0.1) is 29.2 Å². The summed E-state index contributed by atoms with van der Waals surface area (Å²) in [6.07, 6.45) is 1.53. The predicted octanol–water partition coefficient (Wildman–Crippen LogP) is 3.32. The molecule has 0 aliphatic carbocycles. The zero-order valence-corrected chi connectivity index (χ0v) is 11.2. The molecule has 6 heteroatoms. The lowest BCUT2D eigenvalue weighted by molar-refractivity contribution is 0.413. The van der Waals surface area contributed by atoms with E-state index in [9.17, 15) is 4.39 Å². The van der Waals surface area contributed by atoms with Crippen molar-refractivity contribution in [3.8, 4) is 5.75 Å². The summed E-state index contributed by atoms with van der Waals surface area (Å²) in [7, 11) is 1.48. The summed E-state index contributed by atoms with van der Waals surface area (Å²) in [4.78, 5) is 4.14.